The summed E-state index contributed by atoms with van der Waals surface area (Å²) < 4.78 is 11.3. The first-order valence-electron chi connectivity index (χ1n) is 5.29. The number of nitrogens with two attached hydrogens (primary N) is 1. The van der Waals surface area contributed by atoms with Crippen LogP contribution in [-0.4, -0.2) is 19.2 Å². The zero-order valence-electron chi connectivity index (χ0n) is 10.1. The Morgan fingerprint density at radius 3 is 2.50 bits per heavy atom. The van der Waals surface area contributed by atoms with Crippen LogP contribution < -0.4 is 15.2 Å². The number of benzene rings is 1. The number of nitrogens with zero attached hydrogens (tertiary/aromatic N) is 1. The van der Waals surface area contributed by atoms with Crippen LogP contribution in [0.5, 0.6) is 11.5 Å². The molecule has 0 unspecified atom stereocenters. The SMILES string of the molecule is COc1ccc(-c2cc(Br)cnc2N)cc1OC. The van der Waals surface area contributed by atoms with Gasteiger partial charge in [0.15, 0.2) is 11.5 Å². The predicted octanol–water partition coefficient (Wildman–Crippen LogP) is 3.11. The molecule has 4 nitrogen and oxygen atoms in total. The van der Waals surface area contributed by atoms with Crippen LogP contribution in [0.2, 0.25) is 0 Å². The van der Waals surface area contributed by atoms with E-state index in [0.29, 0.717) is 17.3 Å². The van der Waals surface area contributed by atoms with Crippen molar-refractivity contribution in [2.75, 3.05) is 20.0 Å². The number of ether oxygens (including phenoxy) is 2. The van der Waals surface area contributed by atoms with Crippen molar-refractivity contribution < 1.29 is 9.47 Å². The largest absolute Gasteiger partial charge is 0.493 e. The first kappa shape index (κ1) is 12.7. The number of anilines is 1. The third kappa shape index (κ3) is 2.41. The van der Waals surface area contributed by atoms with Gasteiger partial charge < -0.3 is 15.2 Å². The maximum atomic E-state index is 5.88. The second-order valence-corrected chi connectivity index (χ2v) is 4.57. The van der Waals surface area contributed by atoms with Crippen LogP contribution in [0.4, 0.5) is 5.82 Å². The third-order valence-corrected chi connectivity index (χ3v) is 3.01. The zero-order chi connectivity index (χ0) is 13.1. The lowest BCUT2D eigenvalue weighted by Gasteiger charge is -2.11. The minimum absolute atomic E-state index is 0.477. The molecule has 0 aliphatic heterocycles. The summed E-state index contributed by atoms with van der Waals surface area (Å²) in [5.41, 5.74) is 7.66. The van der Waals surface area contributed by atoms with E-state index in [4.69, 9.17) is 15.2 Å². The molecular weight excluding hydrogens is 296 g/mol. The number of hydrogen-bond acceptors (Lipinski definition) is 4. The fourth-order valence-corrected chi connectivity index (χ4v) is 2.02. The molecule has 2 rings (SSSR count). The Bertz CT molecular complexity index is 573. The van der Waals surface area contributed by atoms with Gasteiger partial charge in [0, 0.05) is 16.2 Å². The Labute approximate surface area is 114 Å². The quantitative estimate of drug-likeness (QED) is 0.946. The van der Waals surface area contributed by atoms with Crippen molar-refractivity contribution in [3.05, 3.63) is 34.9 Å². The van der Waals surface area contributed by atoms with Crippen molar-refractivity contribution in [2.24, 2.45) is 0 Å². The van der Waals surface area contributed by atoms with Crippen LogP contribution in [0, 0.1) is 0 Å². The van der Waals surface area contributed by atoms with Gasteiger partial charge in [0.2, 0.25) is 0 Å². The topological polar surface area (TPSA) is 57.4 Å². The molecule has 5 heteroatoms. The van der Waals surface area contributed by atoms with Crippen molar-refractivity contribution in [3.63, 3.8) is 0 Å². The molecule has 1 aromatic heterocycles. The summed E-state index contributed by atoms with van der Waals surface area (Å²) in [4.78, 5) is 4.11. The lowest BCUT2D eigenvalue weighted by Crippen LogP contribution is -1.95. The lowest BCUT2D eigenvalue weighted by molar-refractivity contribution is 0.355. The van der Waals surface area contributed by atoms with Gasteiger partial charge in [-0.25, -0.2) is 4.98 Å². The van der Waals surface area contributed by atoms with Crippen molar-refractivity contribution >= 4 is 21.7 Å². The van der Waals surface area contributed by atoms with E-state index in [1.54, 1.807) is 20.4 Å². The molecule has 0 atom stereocenters. The molecule has 0 amide bonds. The summed E-state index contributed by atoms with van der Waals surface area (Å²) in [5.74, 6) is 1.82. The van der Waals surface area contributed by atoms with E-state index >= 15 is 0 Å². The van der Waals surface area contributed by atoms with Gasteiger partial charge >= 0.3 is 0 Å². The van der Waals surface area contributed by atoms with Crippen LogP contribution in [0.25, 0.3) is 11.1 Å². The van der Waals surface area contributed by atoms with Crippen LogP contribution >= 0.6 is 15.9 Å². The minimum atomic E-state index is 0.477. The highest BCUT2D eigenvalue weighted by Gasteiger charge is 2.09. The first-order valence-corrected chi connectivity index (χ1v) is 6.08. The van der Waals surface area contributed by atoms with E-state index in [1.807, 2.05) is 24.3 Å². The monoisotopic (exact) mass is 308 g/mol. The van der Waals surface area contributed by atoms with Crippen molar-refractivity contribution in [3.8, 4) is 22.6 Å². The first-order chi connectivity index (χ1) is 8.65. The summed E-state index contributed by atoms with van der Waals surface area (Å²) in [6, 6.07) is 7.55. The van der Waals surface area contributed by atoms with E-state index < -0.39 is 0 Å². The Balaban J connectivity index is 2.54. The number of halogens is 1. The van der Waals surface area contributed by atoms with E-state index in [1.165, 1.54) is 0 Å². The Morgan fingerprint density at radius 2 is 1.83 bits per heavy atom. The van der Waals surface area contributed by atoms with Gasteiger partial charge in [-0.05, 0) is 39.7 Å². The minimum Gasteiger partial charge on any atom is -0.493 e. The van der Waals surface area contributed by atoms with Crippen LogP contribution in [-0.2, 0) is 0 Å². The van der Waals surface area contributed by atoms with Gasteiger partial charge in [0.05, 0.1) is 14.2 Å². The van der Waals surface area contributed by atoms with E-state index in [-0.39, 0.29) is 0 Å². The fraction of sp³-hybridized carbons (Fsp3) is 0.154. The molecule has 0 spiro atoms. The Morgan fingerprint density at radius 1 is 1.11 bits per heavy atom. The highest BCUT2D eigenvalue weighted by Crippen LogP contribution is 2.34. The summed E-state index contributed by atoms with van der Waals surface area (Å²) in [7, 11) is 3.21. The maximum absolute atomic E-state index is 5.88. The maximum Gasteiger partial charge on any atom is 0.161 e. The number of hydrogen-bond donors (Lipinski definition) is 1. The Kier molecular flexibility index (Phi) is 3.72. The molecule has 0 bridgehead atoms. The highest BCUT2D eigenvalue weighted by molar-refractivity contribution is 9.10. The normalized spacial score (nSPS) is 10.2. The van der Waals surface area contributed by atoms with Crippen molar-refractivity contribution in [1.29, 1.82) is 0 Å². The van der Waals surface area contributed by atoms with Gasteiger partial charge in [-0.3, -0.25) is 0 Å². The fourth-order valence-electron chi connectivity index (χ4n) is 1.68. The number of nitrogen functional groups attached to an aromatic ring is 1. The molecule has 18 heavy (non-hydrogen) atoms. The van der Waals surface area contributed by atoms with Gasteiger partial charge in [0.25, 0.3) is 0 Å². The average molecular weight is 309 g/mol. The molecule has 0 aliphatic carbocycles. The van der Waals surface area contributed by atoms with E-state index in [0.717, 1.165) is 15.6 Å². The predicted molar refractivity (Wildman–Crippen MR) is 74.9 cm³/mol. The number of methoxy groups -OCH3 is 2. The summed E-state index contributed by atoms with van der Waals surface area (Å²) in [6.45, 7) is 0. The molecule has 0 radical (unpaired) electrons. The molecule has 0 saturated heterocycles. The molecule has 2 aromatic rings. The molecule has 94 valence electrons. The molecular formula is C13H13BrN2O2. The van der Waals surface area contributed by atoms with E-state index in [2.05, 4.69) is 20.9 Å². The van der Waals surface area contributed by atoms with Gasteiger partial charge in [0.1, 0.15) is 5.82 Å². The smallest absolute Gasteiger partial charge is 0.161 e. The van der Waals surface area contributed by atoms with Gasteiger partial charge in [-0.2, -0.15) is 0 Å². The van der Waals surface area contributed by atoms with Gasteiger partial charge in [-0.1, -0.05) is 6.07 Å². The van der Waals surface area contributed by atoms with Crippen LogP contribution in [0.15, 0.2) is 34.9 Å². The summed E-state index contributed by atoms with van der Waals surface area (Å²) >= 11 is 3.38. The van der Waals surface area contributed by atoms with Crippen molar-refractivity contribution in [2.45, 2.75) is 0 Å². The second kappa shape index (κ2) is 5.27. The Hall–Kier alpha value is -1.75. The lowest BCUT2D eigenvalue weighted by atomic mass is 10.1. The molecule has 0 saturated carbocycles. The molecule has 0 fully saturated rings. The number of aromatic nitrogens is 1. The molecule has 1 heterocycles. The molecule has 0 aliphatic rings. The second-order valence-electron chi connectivity index (χ2n) is 3.66. The highest BCUT2D eigenvalue weighted by atomic mass is 79.9. The third-order valence-electron chi connectivity index (χ3n) is 2.58. The van der Waals surface area contributed by atoms with Crippen LogP contribution in [0.1, 0.15) is 0 Å². The number of pyridine rings is 1. The van der Waals surface area contributed by atoms with Crippen molar-refractivity contribution in [1.82, 2.24) is 4.98 Å². The molecule has 1 aromatic carbocycles. The average Bonchev–Trinajstić information content (AvgIpc) is 2.40. The van der Waals surface area contributed by atoms with Gasteiger partial charge in [-0.15, -0.1) is 0 Å². The van der Waals surface area contributed by atoms with Crippen LogP contribution in [0.3, 0.4) is 0 Å². The standard InChI is InChI=1S/C13H13BrN2O2/c1-17-11-4-3-8(5-12(11)18-2)10-6-9(14)7-16-13(10)15/h3-7H,1-2H3,(H2,15,16). The number of rotatable bonds is 3. The summed E-state index contributed by atoms with van der Waals surface area (Å²) in [5, 5.41) is 0. The molecule has 2 N–H and O–H groups in total. The van der Waals surface area contributed by atoms with E-state index in [9.17, 15) is 0 Å². The zero-order valence-corrected chi connectivity index (χ0v) is 11.7. The summed E-state index contributed by atoms with van der Waals surface area (Å²) in [6.07, 6.45) is 1.67.